The zero-order valence-electron chi connectivity index (χ0n) is 18.1. The molecule has 1 aliphatic rings. The molecule has 3 heterocycles. The van der Waals surface area contributed by atoms with E-state index in [-0.39, 0.29) is 23.4 Å². The molecule has 1 fully saturated rings. The van der Waals surface area contributed by atoms with Gasteiger partial charge in [-0.05, 0) is 35.4 Å². The summed E-state index contributed by atoms with van der Waals surface area (Å²) in [6, 6.07) is 14.0. The number of ketones is 1. The standard InChI is InChI=1S/C26H18F3N3O3/c27-26(28,29)17-7-3-5-15(11-17)14-32-22(16-6-4-10-30-12-16)21(24(34)25(32)35)23(33)19-13-31-20-9-2-1-8-18(19)20/h1-13,22,31,33H,14H2/b23-21-. The maximum absolute atomic E-state index is 13.2. The zero-order valence-corrected chi connectivity index (χ0v) is 18.1. The lowest BCUT2D eigenvalue weighted by Gasteiger charge is -2.25. The average Bonchev–Trinajstić information content (AvgIpc) is 3.39. The Balaban J connectivity index is 1.64. The van der Waals surface area contributed by atoms with Crippen LogP contribution in [0.1, 0.15) is 28.3 Å². The van der Waals surface area contributed by atoms with Gasteiger partial charge in [0.2, 0.25) is 0 Å². The molecule has 0 spiro atoms. The van der Waals surface area contributed by atoms with Gasteiger partial charge in [-0.2, -0.15) is 13.2 Å². The number of aliphatic hydroxyl groups excluding tert-OH is 1. The third kappa shape index (κ3) is 3.95. The number of aromatic nitrogens is 2. The second-order valence-electron chi connectivity index (χ2n) is 8.16. The third-order valence-corrected chi connectivity index (χ3v) is 5.99. The Labute approximate surface area is 197 Å². The Hall–Kier alpha value is -4.40. The molecule has 4 aromatic rings. The predicted octanol–water partition coefficient (Wildman–Crippen LogP) is 5.20. The maximum Gasteiger partial charge on any atom is 0.416 e. The molecule has 2 aromatic carbocycles. The number of halogens is 3. The summed E-state index contributed by atoms with van der Waals surface area (Å²) in [4.78, 5) is 34.5. The Morgan fingerprint density at radius 1 is 1.06 bits per heavy atom. The van der Waals surface area contributed by atoms with Gasteiger partial charge >= 0.3 is 6.18 Å². The van der Waals surface area contributed by atoms with E-state index in [1.165, 1.54) is 24.5 Å². The highest BCUT2D eigenvalue weighted by Gasteiger charge is 2.46. The number of para-hydroxylation sites is 1. The molecule has 35 heavy (non-hydrogen) atoms. The number of amides is 1. The van der Waals surface area contributed by atoms with Gasteiger partial charge in [0.1, 0.15) is 5.76 Å². The van der Waals surface area contributed by atoms with E-state index in [0.717, 1.165) is 22.5 Å². The highest BCUT2D eigenvalue weighted by Crippen LogP contribution is 2.41. The van der Waals surface area contributed by atoms with Crippen LogP contribution in [0, 0.1) is 0 Å². The lowest BCUT2D eigenvalue weighted by Crippen LogP contribution is -2.29. The van der Waals surface area contributed by atoms with Crippen molar-refractivity contribution >= 4 is 28.4 Å². The summed E-state index contributed by atoms with van der Waals surface area (Å²) in [5, 5.41) is 11.9. The second kappa shape index (κ2) is 8.43. The van der Waals surface area contributed by atoms with Crippen LogP contribution in [0.2, 0.25) is 0 Å². The van der Waals surface area contributed by atoms with Gasteiger partial charge in [0.15, 0.2) is 0 Å². The number of likely N-dealkylation sites (tertiary alicyclic amines) is 1. The van der Waals surface area contributed by atoms with E-state index >= 15 is 0 Å². The van der Waals surface area contributed by atoms with Crippen LogP contribution in [0.15, 0.2) is 84.8 Å². The first-order valence-electron chi connectivity index (χ1n) is 10.7. The molecule has 0 radical (unpaired) electrons. The molecular weight excluding hydrogens is 459 g/mol. The fourth-order valence-corrected chi connectivity index (χ4v) is 4.38. The molecule has 1 saturated heterocycles. The lowest BCUT2D eigenvalue weighted by molar-refractivity contribution is -0.140. The summed E-state index contributed by atoms with van der Waals surface area (Å²) >= 11 is 0. The summed E-state index contributed by atoms with van der Waals surface area (Å²) in [6.07, 6.45) is -0.0386. The molecule has 0 saturated carbocycles. The molecule has 1 unspecified atom stereocenters. The largest absolute Gasteiger partial charge is 0.507 e. The summed E-state index contributed by atoms with van der Waals surface area (Å²) in [5.41, 5.74) is 0.697. The summed E-state index contributed by atoms with van der Waals surface area (Å²) < 4.78 is 39.7. The molecule has 6 nitrogen and oxygen atoms in total. The minimum atomic E-state index is -4.55. The SMILES string of the molecule is O=C1C(=O)N(Cc2cccc(C(F)(F)F)c2)C(c2cccnc2)/C1=C(/O)c1c[nH]c2ccccc12. The van der Waals surface area contributed by atoms with Gasteiger partial charge in [-0.1, -0.05) is 36.4 Å². The Morgan fingerprint density at radius 3 is 2.60 bits per heavy atom. The normalized spacial score (nSPS) is 17.9. The van der Waals surface area contributed by atoms with Crippen LogP contribution in [0.25, 0.3) is 16.7 Å². The predicted molar refractivity (Wildman–Crippen MR) is 122 cm³/mol. The van der Waals surface area contributed by atoms with Gasteiger partial charge in [-0.25, -0.2) is 0 Å². The van der Waals surface area contributed by atoms with Crippen molar-refractivity contribution in [3.05, 3.63) is 107 Å². The highest BCUT2D eigenvalue weighted by atomic mass is 19.4. The van der Waals surface area contributed by atoms with Crippen LogP contribution >= 0.6 is 0 Å². The zero-order chi connectivity index (χ0) is 24.7. The minimum Gasteiger partial charge on any atom is -0.507 e. The number of Topliss-reactive ketones (excluding diaryl/α,β-unsaturated/α-hetero) is 1. The summed E-state index contributed by atoms with van der Waals surface area (Å²) in [7, 11) is 0. The van der Waals surface area contributed by atoms with Crippen molar-refractivity contribution in [3.63, 3.8) is 0 Å². The Morgan fingerprint density at radius 2 is 1.86 bits per heavy atom. The number of aliphatic hydroxyl groups is 1. The number of carbonyl (C=O) groups is 2. The van der Waals surface area contributed by atoms with Crippen LogP contribution in [0.4, 0.5) is 13.2 Å². The van der Waals surface area contributed by atoms with Crippen LogP contribution in [0.5, 0.6) is 0 Å². The Bertz CT molecular complexity index is 1480. The lowest BCUT2D eigenvalue weighted by atomic mass is 9.96. The molecule has 2 N–H and O–H groups in total. The number of benzene rings is 2. The first-order chi connectivity index (χ1) is 16.8. The molecule has 1 atom stereocenters. The first-order valence-corrected chi connectivity index (χ1v) is 10.7. The van der Waals surface area contributed by atoms with Gasteiger partial charge in [0.05, 0.1) is 17.2 Å². The number of carbonyl (C=O) groups excluding carboxylic acids is 2. The van der Waals surface area contributed by atoms with Crippen molar-refractivity contribution < 1.29 is 27.9 Å². The van der Waals surface area contributed by atoms with Gasteiger partial charge < -0.3 is 15.0 Å². The number of pyridine rings is 1. The van der Waals surface area contributed by atoms with E-state index in [9.17, 15) is 27.9 Å². The fourth-order valence-electron chi connectivity index (χ4n) is 4.38. The maximum atomic E-state index is 13.2. The molecular formula is C26H18F3N3O3. The van der Waals surface area contributed by atoms with Crippen LogP contribution < -0.4 is 0 Å². The summed E-state index contributed by atoms with van der Waals surface area (Å²) in [6.45, 7) is -0.265. The first kappa shape index (κ1) is 22.4. The number of alkyl halides is 3. The molecule has 0 aliphatic carbocycles. The quantitative estimate of drug-likeness (QED) is 0.240. The molecule has 5 rings (SSSR count). The number of nitrogens with zero attached hydrogens (tertiary/aromatic N) is 2. The Kier molecular flexibility index (Phi) is 5.39. The highest BCUT2D eigenvalue weighted by molar-refractivity contribution is 6.46. The van der Waals surface area contributed by atoms with Gasteiger partial charge in [-0.15, -0.1) is 0 Å². The number of nitrogens with one attached hydrogen (secondary N) is 1. The fraction of sp³-hybridized carbons (Fsp3) is 0.115. The van der Waals surface area contributed by atoms with Gasteiger partial charge in [-0.3, -0.25) is 14.6 Å². The number of rotatable bonds is 4. The number of fused-ring (bicyclic) bond motifs is 1. The second-order valence-corrected chi connectivity index (χ2v) is 8.16. The molecule has 9 heteroatoms. The molecule has 1 aliphatic heterocycles. The van der Waals surface area contributed by atoms with Crippen molar-refractivity contribution in [2.75, 3.05) is 0 Å². The minimum absolute atomic E-state index is 0.153. The van der Waals surface area contributed by atoms with Crippen LogP contribution in [-0.4, -0.2) is 31.7 Å². The molecule has 0 bridgehead atoms. The number of H-pyrrole nitrogens is 1. The van der Waals surface area contributed by atoms with E-state index < -0.39 is 29.5 Å². The molecule has 1 amide bonds. The van der Waals surface area contributed by atoms with Crippen LogP contribution in [0.3, 0.4) is 0 Å². The van der Waals surface area contributed by atoms with Gasteiger partial charge in [0.25, 0.3) is 11.7 Å². The van der Waals surface area contributed by atoms with Crippen molar-refractivity contribution in [2.45, 2.75) is 18.8 Å². The van der Waals surface area contributed by atoms with E-state index in [2.05, 4.69) is 9.97 Å². The average molecular weight is 477 g/mol. The van der Waals surface area contributed by atoms with Crippen molar-refractivity contribution in [2.24, 2.45) is 0 Å². The number of aromatic amines is 1. The summed E-state index contributed by atoms with van der Waals surface area (Å²) in [5.74, 6) is -2.22. The number of hydrogen-bond acceptors (Lipinski definition) is 4. The monoisotopic (exact) mass is 477 g/mol. The third-order valence-electron chi connectivity index (χ3n) is 5.99. The molecule has 2 aromatic heterocycles. The van der Waals surface area contributed by atoms with Crippen molar-refractivity contribution in [1.82, 2.24) is 14.9 Å². The van der Waals surface area contributed by atoms with Crippen molar-refractivity contribution in [3.8, 4) is 0 Å². The van der Waals surface area contributed by atoms with Crippen molar-refractivity contribution in [1.29, 1.82) is 0 Å². The van der Waals surface area contributed by atoms with Gasteiger partial charge in [0, 0.05) is 41.6 Å². The van der Waals surface area contributed by atoms with E-state index in [4.69, 9.17) is 0 Å². The van der Waals surface area contributed by atoms with E-state index in [0.29, 0.717) is 16.5 Å². The topological polar surface area (TPSA) is 86.3 Å². The number of hydrogen-bond donors (Lipinski definition) is 2. The smallest absolute Gasteiger partial charge is 0.416 e. The van der Waals surface area contributed by atoms with E-state index in [1.54, 1.807) is 36.5 Å². The van der Waals surface area contributed by atoms with Crippen LogP contribution in [-0.2, 0) is 22.3 Å². The molecule has 176 valence electrons. The van der Waals surface area contributed by atoms with E-state index in [1.807, 2.05) is 6.07 Å².